The van der Waals surface area contributed by atoms with Gasteiger partial charge in [-0.15, -0.1) is 0 Å². The number of imidazole rings is 1. The van der Waals surface area contributed by atoms with Gasteiger partial charge in [0.2, 0.25) is 0 Å². The molecule has 1 N–H and O–H groups in total. The molecule has 0 unspecified atom stereocenters. The molecular weight excluding hydrogens is 246 g/mol. The zero-order valence-electron chi connectivity index (χ0n) is 12.1. The number of nitrogens with one attached hydrogen (secondary N) is 1. The molecule has 1 fully saturated rings. The van der Waals surface area contributed by atoms with Crippen molar-refractivity contribution in [3.8, 4) is 5.69 Å². The third-order valence-electron chi connectivity index (χ3n) is 4.47. The SMILES string of the molecule is CCC1CCC(Nc2ccccc2-n2ccnc2)CC1. The summed E-state index contributed by atoms with van der Waals surface area (Å²) < 4.78 is 2.07. The van der Waals surface area contributed by atoms with Gasteiger partial charge in [-0.3, -0.25) is 0 Å². The van der Waals surface area contributed by atoms with Gasteiger partial charge >= 0.3 is 0 Å². The van der Waals surface area contributed by atoms with E-state index < -0.39 is 0 Å². The Balaban J connectivity index is 1.72. The first-order valence-electron chi connectivity index (χ1n) is 7.70. The van der Waals surface area contributed by atoms with Crippen LogP contribution in [0.1, 0.15) is 39.0 Å². The standard InChI is InChI=1S/C17H23N3/c1-2-14-7-9-15(10-8-14)19-16-5-3-4-6-17(16)20-12-11-18-13-20/h3-6,11-15,19H,2,7-10H2,1H3. The number of benzene rings is 1. The Morgan fingerprint density at radius 3 is 2.70 bits per heavy atom. The number of nitrogens with zero attached hydrogens (tertiary/aromatic N) is 2. The zero-order valence-corrected chi connectivity index (χ0v) is 12.1. The molecule has 1 aromatic carbocycles. The van der Waals surface area contributed by atoms with Crippen LogP contribution in [0.4, 0.5) is 5.69 Å². The maximum atomic E-state index is 4.14. The Morgan fingerprint density at radius 1 is 1.20 bits per heavy atom. The van der Waals surface area contributed by atoms with Crippen molar-refractivity contribution in [3.63, 3.8) is 0 Å². The molecule has 20 heavy (non-hydrogen) atoms. The first-order chi connectivity index (χ1) is 9.86. The van der Waals surface area contributed by atoms with E-state index in [1.165, 1.54) is 43.5 Å². The molecule has 1 aliphatic carbocycles. The smallest absolute Gasteiger partial charge is 0.0992 e. The summed E-state index contributed by atoms with van der Waals surface area (Å²) in [5, 5.41) is 3.73. The molecule has 3 heteroatoms. The fraction of sp³-hybridized carbons (Fsp3) is 0.471. The predicted molar refractivity (Wildman–Crippen MR) is 83.2 cm³/mol. The van der Waals surface area contributed by atoms with Crippen molar-refractivity contribution in [1.82, 2.24) is 9.55 Å². The van der Waals surface area contributed by atoms with Gasteiger partial charge in [-0.05, 0) is 43.7 Å². The van der Waals surface area contributed by atoms with E-state index >= 15 is 0 Å². The molecule has 3 rings (SSSR count). The lowest BCUT2D eigenvalue weighted by molar-refractivity contribution is 0.330. The number of rotatable bonds is 4. The molecule has 0 saturated heterocycles. The van der Waals surface area contributed by atoms with Crippen molar-refractivity contribution in [2.75, 3.05) is 5.32 Å². The summed E-state index contributed by atoms with van der Waals surface area (Å²) in [6, 6.07) is 9.10. The Bertz CT molecular complexity index is 525. The van der Waals surface area contributed by atoms with E-state index in [1.54, 1.807) is 0 Å². The van der Waals surface area contributed by atoms with Gasteiger partial charge in [0.25, 0.3) is 0 Å². The van der Waals surface area contributed by atoms with Crippen molar-refractivity contribution in [2.24, 2.45) is 5.92 Å². The summed E-state index contributed by atoms with van der Waals surface area (Å²) in [5.41, 5.74) is 2.40. The van der Waals surface area contributed by atoms with Gasteiger partial charge in [0.15, 0.2) is 0 Å². The summed E-state index contributed by atoms with van der Waals surface area (Å²) in [6.07, 6.45) is 12.3. The highest BCUT2D eigenvalue weighted by atomic mass is 15.1. The van der Waals surface area contributed by atoms with E-state index in [1.807, 2.05) is 18.7 Å². The lowest BCUT2D eigenvalue weighted by atomic mass is 9.84. The second kappa shape index (κ2) is 6.12. The fourth-order valence-corrected chi connectivity index (χ4v) is 3.16. The Morgan fingerprint density at radius 2 is 2.00 bits per heavy atom. The van der Waals surface area contributed by atoms with E-state index in [4.69, 9.17) is 0 Å². The normalized spacial score (nSPS) is 22.6. The second-order valence-corrected chi connectivity index (χ2v) is 5.76. The molecule has 3 nitrogen and oxygen atoms in total. The average Bonchev–Trinajstić information content (AvgIpc) is 3.03. The number of hydrogen-bond donors (Lipinski definition) is 1. The summed E-state index contributed by atoms with van der Waals surface area (Å²) in [5.74, 6) is 0.942. The first kappa shape index (κ1) is 13.2. The van der Waals surface area contributed by atoms with Crippen LogP contribution >= 0.6 is 0 Å². The van der Waals surface area contributed by atoms with Crippen LogP contribution in [0.15, 0.2) is 43.0 Å². The lowest BCUT2D eigenvalue weighted by Gasteiger charge is -2.29. The van der Waals surface area contributed by atoms with Crippen LogP contribution in [0.3, 0.4) is 0 Å². The summed E-state index contributed by atoms with van der Waals surface area (Å²) in [4.78, 5) is 4.14. The lowest BCUT2D eigenvalue weighted by Crippen LogP contribution is -2.26. The monoisotopic (exact) mass is 269 g/mol. The van der Waals surface area contributed by atoms with Crippen molar-refractivity contribution in [1.29, 1.82) is 0 Å². The third kappa shape index (κ3) is 2.87. The van der Waals surface area contributed by atoms with E-state index in [9.17, 15) is 0 Å². The molecule has 0 spiro atoms. The van der Waals surface area contributed by atoms with Crippen LogP contribution < -0.4 is 5.32 Å². The molecule has 0 aliphatic heterocycles. The van der Waals surface area contributed by atoms with Crippen LogP contribution in [0.25, 0.3) is 5.69 Å². The maximum Gasteiger partial charge on any atom is 0.0992 e. The van der Waals surface area contributed by atoms with Gasteiger partial charge < -0.3 is 9.88 Å². The molecule has 1 aliphatic rings. The van der Waals surface area contributed by atoms with Crippen LogP contribution in [0, 0.1) is 5.92 Å². The first-order valence-corrected chi connectivity index (χ1v) is 7.70. The van der Waals surface area contributed by atoms with E-state index in [0.717, 1.165) is 5.92 Å². The number of hydrogen-bond acceptors (Lipinski definition) is 2. The molecule has 1 heterocycles. The minimum atomic E-state index is 0.613. The van der Waals surface area contributed by atoms with Gasteiger partial charge in [-0.25, -0.2) is 4.98 Å². The summed E-state index contributed by atoms with van der Waals surface area (Å²) in [6.45, 7) is 2.31. The molecule has 106 valence electrons. The summed E-state index contributed by atoms with van der Waals surface area (Å²) in [7, 11) is 0. The van der Waals surface area contributed by atoms with Gasteiger partial charge in [-0.2, -0.15) is 0 Å². The molecule has 0 atom stereocenters. The van der Waals surface area contributed by atoms with Gasteiger partial charge in [0, 0.05) is 18.4 Å². The van der Waals surface area contributed by atoms with E-state index in [2.05, 4.69) is 46.1 Å². The molecule has 0 amide bonds. The quantitative estimate of drug-likeness (QED) is 0.899. The minimum absolute atomic E-state index is 0.613. The maximum absolute atomic E-state index is 4.14. The highest BCUT2D eigenvalue weighted by Gasteiger charge is 2.20. The van der Waals surface area contributed by atoms with Crippen LogP contribution in [-0.2, 0) is 0 Å². The Kier molecular flexibility index (Phi) is 4.05. The molecule has 1 aromatic heterocycles. The Hall–Kier alpha value is -1.77. The van der Waals surface area contributed by atoms with E-state index in [0.29, 0.717) is 6.04 Å². The van der Waals surface area contributed by atoms with Crippen molar-refractivity contribution >= 4 is 5.69 Å². The summed E-state index contributed by atoms with van der Waals surface area (Å²) >= 11 is 0. The number of aromatic nitrogens is 2. The van der Waals surface area contributed by atoms with Crippen LogP contribution in [0.5, 0.6) is 0 Å². The van der Waals surface area contributed by atoms with Crippen LogP contribution in [0.2, 0.25) is 0 Å². The molecule has 0 radical (unpaired) electrons. The van der Waals surface area contributed by atoms with Gasteiger partial charge in [-0.1, -0.05) is 25.5 Å². The highest BCUT2D eigenvalue weighted by molar-refractivity contribution is 5.61. The zero-order chi connectivity index (χ0) is 13.8. The molecular formula is C17H23N3. The minimum Gasteiger partial charge on any atom is -0.381 e. The third-order valence-corrected chi connectivity index (χ3v) is 4.47. The largest absolute Gasteiger partial charge is 0.381 e. The van der Waals surface area contributed by atoms with Crippen molar-refractivity contribution in [2.45, 2.75) is 45.1 Å². The van der Waals surface area contributed by atoms with Crippen molar-refractivity contribution in [3.05, 3.63) is 43.0 Å². The van der Waals surface area contributed by atoms with E-state index in [-0.39, 0.29) is 0 Å². The second-order valence-electron chi connectivity index (χ2n) is 5.76. The van der Waals surface area contributed by atoms with Crippen molar-refractivity contribution < 1.29 is 0 Å². The van der Waals surface area contributed by atoms with Crippen LogP contribution in [-0.4, -0.2) is 15.6 Å². The fourth-order valence-electron chi connectivity index (χ4n) is 3.16. The highest BCUT2D eigenvalue weighted by Crippen LogP contribution is 2.30. The predicted octanol–water partition coefficient (Wildman–Crippen LogP) is 4.25. The van der Waals surface area contributed by atoms with Gasteiger partial charge in [0.1, 0.15) is 0 Å². The van der Waals surface area contributed by atoms with Gasteiger partial charge in [0.05, 0.1) is 17.7 Å². The molecule has 1 saturated carbocycles. The Labute approximate surface area is 121 Å². The molecule has 2 aromatic rings. The topological polar surface area (TPSA) is 29.9 Å². The number of anilines is 1. The average molecular weight is 269 g/mol. The number of para-hydroxylation sites is 2. The molecule has 0 bridgehead atoms.